The molecule has 4 fully saturated rings. The number of aliphatic hydroxyl groups is 1. The maximum absolute atomic E-state index is 10.6. The van der Waals surface area contributed by atoms with Crippen molar-refractivity contribution in [2.24, 2.45) is 0 Å². The molecule has 4 aliphatic rings. The van der Waals surface area contributed by atoms with Crippen LogP contribution < -0.4 is 0 Å². The molecule has 2 spiro atoms. The summed E-state index contributed by atoms with van der Waals surface area (Å²) < 4.78 is 36.4. The first kappa shape index (κ1) is 17.1. The standard InChI is InChI=1S/C17H28O7/c1-11-12(18)13-14(15(19-2)22-11)24-17(8-4-6-10-21-17)16(23-13)7-3-5-9-20-16/h11-15,18H,3-10H2,1-2H3/t11-,12-,13+,14+,15+,16+,17+/m0/s1. The smallest absolute Gasteiger partial charge is 0.224 e. The van der Waals surface area contributed by atoms with Crippen molar-refractivity contribution in [3.05, 3.63) is 0 Å². The lowest BCUT2D eigenvalue weighted by atomic mass is 9.86. The monoisotopic (exact) mass is 344 g/mol. The van der Waals surface area contributed by atoms with E-state index in [-0.39, 0.29) is 0 Å². The van der Waals surface area contributed by atoms with Gasteiger partial charge in [-0.15, -0.1) is 0 Å². The van der Waals surface area contributed by atoms with Gasteiger partial charge in [-0.2, -0.15) is 0 Å². The van der Waals surface area contributed by atoms with Gasteiger partial charge in [-0.1, -0.05) is 0 Å². The van der Waals surface area contributed by atoms with E-state index in [9.17, 15) is 5.11 Å². The van der Waals surface area contributed by atoms with Crippen molar-refractivity contribution in [3.63, 3.8) is 0 Å². The lowest BCUT2D eigenvalue weighted by Crippen LogP contribution is -2.75. The summed E-state index contributed by atoms with van der Waals surface area (Å²) in [6, 6.07) is 0. The molecule has 138 valence electrons. The molecule has 7 nitrogen and oxygen atoms in total. The molecule has 4 rings (SSSR count). The lowest BCUT2D eigenvalue weighted by molar-refractivity contribution is -0.508. The molecule has 1 N–H and O–H groups in total. The minimum absolute atomic E-state index is 0.401. The average molecular weight is 344 g/mol. The minimum Gasteiger partial charge on any atom is -0.388 e. The van der Waals surface area contributed by atoms with Crippen LogP contribution in [0, 0.1) is 0 Å². The number of hydrogen-bond acceptors (Lipinski definition) is 7. The molecular formula is C17H28O7. The summed E-state index contributed by atoms with van der Waals surface area (Å²) in [5.41, 5.74) is 0. The quantitative estimate of drug-likeness (QED) is 0.769. The molecule has 0 aliphatic carbocycles. The number of methoxy groups -OCH3 is 1. The minimum atomic E-state index is -0.955. The van der Waals surface area contributed by atoms with Crippen LogP contribution in [0.2, 0.25) is 0 Å². The number of fused-ring (bicyclic) bond motifs is 2. The van der Waals surface area contributed by atoms with Gasteiger partial charge in [0.1, 0.15) is 18.3 Å². The second-order valence-electron chi connectivity index (χ2n) is 7.22. The fraction of sp³-hybridized carbons (Fsp3) is 1.00. The Labute approximate surface area is 142 Å². The molecule has 4 heterocycles. The first-order chi connectivity index (χ1) is 11.6. The Kier molecular flexibility index (Phi) is 4.62. The molecule has 0 radical (unpaired) electrons. The Morgan fingerprint density at radius 2 is 1.50 bits per heavy atom. The van der Waals surface area contributed by atoms with E-state index in [1.54, 1.807) is 7.11 Å². The van der Waals surface area contributed by atoms with E-state index in [2.05, 4.69) is 0 Å². The van der Waals surface area contributed by atoms with Crippen LogP contribution in [0.3, 0.4) is 0 Å². The third-order valence-corrected chi connectivity index (χ3v) is 5.69. The predicted molar refractivity (Wildman–Crippen MR) is 82.2 cm³/mol. The average Bonchev–Trinajstić information content (AvgIpc) is 2.62. The fourth-order valence-corrected chi connectivity index (χ4v) is 4.38. The molecule has 0 unspecified atom stereocenters. The summed E-state index contributed by atoms with van der Waals surface area (Å²) in [6.07, 6.45) is 2.47. The van der Waals surface area contributed by atoms with E-state index >= 15 is 0 Å². The van der Waals surface area contributed by atoms with Gasteiger partial charge in [0.25, 0.3) is 0 Å². The number of rotatable bonds is 1. The number of aliphatic hydroxyl groups excluding tert-OH is 1. The first-order valence-electron chi connectivity index (χ1n) is 9.11. The molecule has 4 saturated heterocycles. The topological polar surface area (TPSA) is 75.6 Å². The number of hydrogen-bond donors (Lipinski definition) is 1. The van der Waals surface area contributed by atoms with Crippen molar-refractivity contribution < 1.29 is 33.5 Å². The van der Waals surface area contributed by atoms with Gasteiger partial charge in [0.05, 0.1) is 19.3 Å². The summed E-state index contributed by atoms with van der Waals surface area (Å²) in [6.45, 7) is 3.04. The third-order valence-electron chi connectivity index (χ3n) is 5.69. The van der Waals surface area contributed by atoms with Gasteiger partial charge in [0, 0.05) is 20.0 Å². The number of ether oxygens (including phenoxy) is 6. The van der Waals surface area contributed by atoms with Crippen molar-refractivity contribution in [2.45, 2.75) is 87.7 Å². The van der Waals surface area contributed by atoms with Gasteiger partial charge in [0.2, 0.25) is 11.6 Å². The molecule has 7 heteroatoms. The Balaban J connectivity index is 1.69. The molecule has 0 aromatic carbocycles. The van der Waals surface area contributed by atoms with E-state index in [1.807, 2.05) is 6.92 Å². The van der Waals surface area contributed by atoms with Gasteiger partial charge < -0.3 is 33.5 Å². The van der Waals surface area contributed by atoms with E-state index < -0.39 is 42.3 Å². The second kappa shape index (κ2) is 6.46. The van der Waals surface area contributed by atoms with Gasteiger partial charge in [0.15, 0.2) is 6.29 Å². The predicted octanol–water partition coefficient (Wildman–Crippen LogP) is 1.32. The third kappa shape index (κ3) is 2.53. The lowest BCUT2D eigenvalue weighted by Gasteiger charge is -2.60. The van der Waals surface area contributed by atoms with Crippen LogP contribution in [0.1, 0.15) is 45.4 Å². The second-order valence-corrected chi connectivity index (χ2v) is 7.22. The maximum Gasteiger partial charge on any atom is 0.224 e. The molecular weight excluding hydrogens is 316 g/mol. The van der Waals surface area contributed by atoms with Gasteiger partial charge in [-0.3, -0.25) is 0 Å². The Bertz CT molecular complexity index is 418. The summed E-state index contributed by atoms with van der Waals surface area (Å²) >= 11 is 0. The first-order valence-corrected chi connectivity index (χ1v) is 9.11. The highest BCUT2D eigenvalue weighted by Crippen LogP contribution is 2.51. The van der Waals surface area contributed by atoms with Crippen molar-refractivity contribution >= 4 is 0 Å². The van der Waals surface area contributed by atoms with E-state index in [0.717, 1.165) is 25.7 Å². The molecule has 4 aliphatic heterocycles. The SMILES string of the molecule is CO[C@@H]1O[C@@H](C)[C@H](O)[C@H]2O[C@]3(CCCCO3)[C@@]3(CCCCO3)O[C@@H]12. The highest BCUT2D eigenvalue weighted by molar-refractivity contribution is 5.03. The van der Waals surface area contributed by atoms with E-state index in [1.165, 1.54) is 0 Å². The fourth-order valence-electron chi connectivity index (χ4n) is 4.38. The van der Waals surface area contributed by atoms with E-state index in [4.69, 9.17) is 28.4 Å². The van der Waals surface area contributed by atoms with Crippen LogP contribution in [0.4, 0.5) is 0 Å². The van der Waals surface area contributed by atoms with Crippen LogP contribution in [-0.2, 0) is 28.4 Å². The zero-order valence-corrected chi connectivity index (χ0v) is 14.4. The zero-order valence-electron chi connectivity index (χ0n) is 14.4. The molecule has 0 aromatic rings. The van der Waals surface area contributed by atoms with Gasteiger partial charge in [-0.25, -0.2) is 0 Å². The van der Waals surface area contributed by atoms with Crippen molar-refractivity contribution in [3.8, 4) is 0 Å². The van der Waals surface area contributed by atoms with Gasteiger partial charge in [-0.05, 0) is 32.6 Å². The van der Waals surface area contributed by atoms with Crippen LogP contribution in [0.25, 0.3) is 0 Å². The summed E-state index contributed by atoms with van der Waals surface area (Å²) in [4.78, 5) is 0. The Morgan fingerprint density at radius 1 is 0.917 bits per heavy atom. The summed E-state index contributed by atoms with van der Waals surface area (Å²) in [5, 5.41) is 10.6. The normalized spacial score (nSPS) is 52.4. The Hall–Kier alpha value is -0.280. The van der Waals surface area contributed by atoms with Crippen LogP contribution in [0.5, 0.6) is 0 Å². The van der Waals surface area contributed by atoms with Crippen LogP contribution in [-0.4, -0.2) is 67.7 Å². The summed E-state index contributed by atoms with van der Waals surface area (Å²) in [7, 11) is 1.57. The van der Waals surface area contributed by atoms with Crippen molar-refractivity contribution in [1.82, 2.24) is 0 Å². The highest BCUT2D eigenvalue weighted by Gasteiger charge is 2.66. The Morgan fingerprint density at radius 3 is 2.00 bits per heavy atom. The molecule has 7 atom stereocenters. The molecule has 0 saturated carbocycles. The molecule has 0 bridgehead atoms. The largest absolute Gasteiger partial charge is 0.388 e. The molecule has 24 heavy (non-hydrogen) atoms. The highest BCUT2D eigenvalue weighted by atomic mass is 16.8. The summed E-state index contributed by atoms with van der Waals surface area (Å²) in [5.74, 6) is -1.91. The van der Waals surface area contributed by atoms with E-state index in [0.29, 0.717) is 26.1 Å². The van der Waals surface area contributed by atoms with Crippen molar-refractivity contribution in [1.29, 1.82) is 0 Å². The maximum atomic E-state index is 10.6. The van der Waals surface area contributed by atoms with Crippen molar-refractivity contribution in [2.75, 3.05) is 20.3 Å². The molecule has 0 amide bonds. The van der Waals surface area contributed by atoms with Gasteiger partial charge >= 0.3 is 0 Å². The molecule has 0 aromatic heterocycles. The zero-order chi connectivity index (χ0) is 16.8. The van der Waals surface area contributed by atoms with Crippen LogP contribution in [0.15, 0.2) is 0 Å². The van der Waals surface area contributed by atoms with Crippen LogP contribution >= 0.6 is 0 Å².